The normalized spacial score (nSPS) is 25.3. The number of likely N-dealkylation sites (tertiary alicyclic amines) is 1. The zero-order chi connectivity index (χ0) is 18.3. The Morgan fingerprint density at radius 2 is 1.96 bits per heavy atom. The summed E-state index contributed by atoms with van der Waals surface area (Å²) in [5.41, 5.74) is -0.372. The number of rotatable bonds is 2. The molecule has 0 aliphatic carbocycles. The quantitative estimate of drug-likeness (QED) is 0.726. The molecule has 0 radical (unpaired) electrons. The van der Waals surface area contributed by atoms with E-state index in [9.17, 15) is 18.8 Å². The minimum absolute atomic E-state index is 0.0298. The van der Waals surface area contributed by atoms with E-state index in [1.165, 1.54) is 17.3 Å². The van der Waals surface area contributed by atoms with Gasteiger partial charge in [0.05, 0.1) is 30.6 Å². The fourth-order valence-electron chi connectivity index (χ4n) is 3.74. The van der Waals surface area contributed by atoms with Crippen molar-refractivity contribution in [2.75, 3.05) is 19.7 Å². The maximum atomic E-state index is 13.1. The maximum absolute atomic E-state index is 13.1. The van der Waals surface area contributed by atoms with E-state index in [1.54, 1.807) is 4.68 Å². The Balaban J connectivity index is 1.32. The van der Waals surface area contributed by atoms with Gasteiger partial charge < -0.3 is 14.5 Å². The number of halogens is 1. The molecule has 3 amide bonds. The van der Waals surface area contributed by atoms with E-state index in [0.717, 1.165) is 0 Å². The average Bonchev–Trinajstić information content (AvgIpc) is 3.31. The predicted octanol–water partition coefficient (Wildman–Crippen LogP) is 1.02. The number of aromatic nitrogens is 2. The first-order valence-corrected chi connectivity index (χ1v) is 8.62. The summed E-state index contributed by atoms with van der Waals surface area (Å²) in [5.74, 6) is -1.37. The molecule has 4 heterocycles. The number of hydrogen-bond donors (Lipinski definition) is 0. The van der Waals surface area contributed by atoms with Gasteiger partial charge in [-0.1, -0.05) is 0 Å². The highest BCUT2D eigenvalue weighted by Crippen LogP contribution is 2.40. The Morgan fingerprint density at radius 3 is 2.58 bits per heavy atom. The van der Waals surface area contributed by atoms with Crippen LogP contribution in [0.2, 0.25) is 0 Å². The van der Waals surface area contributed by atoms with Crippen LogP contribution in [0, 0.1) is 5.82 Å². The van der Waals surface area contributed by atoms with Crippen molar-refractivity contribution in [1.82, 2.24) is 19.7 Å². The second-order valence-electron chi connectivity index (χ2n) is 6.92. The summed E-state index contributed by atoms with van der Waals surface area (Å²) >= 11 is 0. The van der Waals surface area contributed by atoms with Crippen LogP contribution in [0.5, 0.6) is 0 Å². The van der Waals surface area contributed by atoms with Gasteiger partial charge >= 0.3 is 6.09 Å². The molecule has 140 valence electrons. The molecule has 0 saturated carbocycles. The Morgan fingerprint density at radius 1 is 1.27 bits per heavy atom. The van der Waals surface area contributed by atoms with Crippen molar-refractivity contribution in [1.29, 1.82) is 0 Å². The van der Waals surface area contributed by atoms with Crippen molar-refractivity contribution in [3.63, 3.8) is 0 Å². The van der Waals surface area contributed by atoms with Gasteiger partial charge in [-0.15, -0.1) is 5.06 Å². The van der Waals surface area contributed by atoms with Crippen LogP contribution in [-0.4, -0.2) is 62.9 Å². The molecule has 10 heteroatoms. The Kier molecular flexibility index (Phi) is 4.14. The largest absolute Gasteiger partial charge is 0.434 e. The number of carbonyl (C=O) groups excluding carboxylic acids is 3. The van der Waals surface area contributed by atoms with Gasteiger partial charge in [0, 0.05) is 32.4 Å². The summed E-state index contributed by atoms with van der Waals surface area (Å²) in [5, 5.41) is 4.55. The fraction of sp³-hybridized carbons (Fsp3) is 0.625. The lowest BCUT2D eigenvalue weighted by molar-refractivity contribution is -0.174. The lowest BCUT2D eigenvalue weighted by Gasteiger charge is -2.38. The molecule has 9 nitrogen and oxygen atoms in total. The van der Waals surface area contributed by atoms with Crippen LogP contribution in [0.15, 0.2) is 12.4 Å². The maximum Gasteiger partial charge on any atom is 0.434 e. The van der Waals surface area contributed by atoms with Crippen LogP contribution in [0.25, 0.3) is 0 Å². The summed E-state index contributed by atoms with van der Waals surface area (Å²) in [7, 11) is 0. The predicted molar refractivity (Wildman–Crippen MR) is 82.9 cm³/mol. The topological polar surface area (TPSA) is 94.0 Å². The van der Waals surface area contributed by atoms with E-state index in [0.29, 0.717) is 44.0 Å². The lowest BCUT2D eigenvalue weighted by atomic mass is 9.87. The Bertz CT molecular complexity index is 727. The third-order valence-electron chi connectivity index (χ3n) is 5.24. The van der Waals surface area contributed by atoms with Crippen LogP contribution in [0.3, 0.4) is 0 Å². The number of piperidine rings is 1. The van der Waals surface area contributed by atoms with E-state index < -0.39 is 17.9 Å². The molecule has 1 aromatic heterocycles. The molecular weight excluding hydrogens is 347 g/mol. The number of hydrogen-bond acceptors (Lipinski definition) is 6. The number of hydroxylamine groups is 2. The molecule has 0 aromatic carbocycles. The highest BCUT2D eigenvalue weighted by Gasteiger charge is 2.45. The Hall–Kier alpha value is -2.49. The molecule has 3 aliphatic heterocycles. The number of nitrogens with zero attached hydrogens (tertiary/aromatic N) is 4. The molecule has 1 spiro atoms. The number of carbonyl (C=O) groups is 3. The second-order valence-corrected chi connectivity index (χ2v) is 6.92. The van der Waals surface area contributed by atoms with E-state index in [4.69, 9.17) is 9.57 Å². The highest BCUT2D eigenvalue weighted by molar-refractivity contribution is 6.01. The van der Waals surface area contributed by atoms with Crippen molar-refractivity contribution >= 4 is 17.9 Å². The van der Waals surface area contributed by atoms with E-state index in [1.807, 2.05) is 0 Å². The molecule has 1 aromatic rings. The molecule has 0 unspecified atom stereocenters. The SMILES string of the molecule is O=C(ON1C(=O)CCC1=O)N1CCC2(CC1)C[C@@H](n1cc(F)cn1)CO2. The molecule has 3 fully saturated rings. The van der Waals surface area contributed by atoms with Gasteiger partial charge in [-0.25, -0.2) is 9.18 Å². The minimum Gasteiger partial charge on any atom is -0.373 e. The van der Waals surface area contributed by atoms with Crippen LogP contribution >= 0.6 is 0 Å². The standard InChI is InChI=1S/C16H19FN4O5/c17-11-8-18-20(9-11)12-7-16(25-10-12)3-5-19(6-4-16)15(24)26-21-13(22)1-2-14(21)23/h8-9,12H,1-7,10H2/t12-/m1/s1. The van der Waals surface area contributed by atoms with Crippen molar-refractivity contribution in [2.24, 2.45) is 0 Å². The number of ether oxygens (including phenoxy) is 1. The second kappa shape index (κ2) is 6.35. The summed E-state index contributed by atoms with van der Waals surface area (Å²) in [6.07, 6.45) is 3.85. The van der Waals surface area contributed by atoms with Gasteiger partial charge in [0.25, 0.3) is 11.8 Å². The summed E-state index contributed by atoms with van der Waals surface area (Å²) in [6, 6.07) is -0.0298. The van der Waals surface area contributed by atoms with E-state index in [2.05, 4.69) is 5.10 Å². The molecule has 3 saturated heterocycles. The van der Waals surface area contributed by atoms with Crippen LogP contribution in [0.4, 0.5) is 9.18 Å². The average molecular weight is 366 g/mol. The molecule has 3 aliphatic rings. The van der Waals surface area contributed by atoms with Gasteiger partial charge in [0.1, 0.15) is 0 Å². The molecule has 4 rings (SSSR count). The first-order valence-electron chi connectivity index (χ1n) is 8.62. The van der Waals surface area contributed by atoms with Crippen molar-refractivity contribution < 1.29 is 28.3 Å². The van der Waals surface area contributed by atoms with Crippen molar-refractivity contribution in [2.45, 2.75) is 43.7 Å². The zero-order valence-corrected chi connectivity index (χ0v) is 14.1. The van der Waals surface area contributed by atoms with Gasteiger partial charge in [-0.3, -0.25) is 14.3 Å². The lowest BCUT2D eigenvalue weighted by Crippen LogP contribution is -2.48. The van der Waals surface area contributed by atoms with Gasteiger partial charge in [0.15, 0.2) is 5.82 Å². The molecule has 1 atom stereocenters. The third-order valence-corrected chi connectivity index (χ3v) is 5.24. The van der Waals surface area contributed by atoms with Crippen molar-refractivity contribution in [3.8, 4) is 0 Å². The molecular formula is C16H19FN4O5. The van der Waals surface area contributed by atoms with Crippen molar-refractivity contribution in [3.05, 3.63) is 18.2 Å². The fourth-order valence-corrected chi connectivity index (χ4v) is 3.74. The summed E-state index contributed by atoms with van der Waals surface area (Å²) in [4.78, 5) is 41.7. The molecule has 26 heavy (non-hydrogen) atoms. The van der Waals surface area contributed by atoms with E-state index >= 15 is 0 Å². The van der Waals surface area contributed by atoms with Gasteiger partial charge in [0.2, 0.25) is 0 Å². The summed E-state index contributed by atoms with van der Waals surface area (Å²) in [6.45, 7) is 1.24. The zero-order valence-electron chi connectivity index (χ0n) is 14.1. The van der Waals surface area contributed by atoms with E-state index in [-0.39, 0.29) is 30.3 Å². The monoisotopic (exact) mass is 366 g/mol. The number of amides is 3. The molecule has 0 N–H and O–H groups in total. The van der Waals surface area contributed by atoms with Crippen LogP contribution in [-0.2, 0) is 19.2 Å². The first-order chi connectivity index (χ1) is 12.5. The van der Waals surface area contributed by atoms with Gasteiger partial charge in [-0.05, 0) is 12.8 Å². The number of imide groups is 1. The van der Waals surface area contributed by atoms with Gasteiger partial charge in [-0.2, -0.15) is 5.10 Å². The van der Waals surface area contributed by atoms with Crippen LogP contribution in [0.1, 0.15) is 38.1 Å². The first kappa shape index (κ1) is 17.0. The van der Waals surface area contributed by atoms with Crippen LogP contribution < -0.4 is 0 Å². The third kappa shape index (κ3) is 3.05. The summed E-state index contributed by atoms with van der Waals surface area (Å²) < 4.78 is 20.7. The highest BCUT2D eigenvalue weighted by atomic mass is 19.1. The molecule has 0 bridgehead atoms. The minimum atomic E-state index is -0.702. The Labute approximate surface area is 148 Å². The smallest absolute Gasteiger partial charge is 0.373 e.